The molecule has 11 nitrogen and oxygen atoms in total. The molecule has 8 N–H and O–H groups in total. The second-order valence-corrected chi connectivity index (χ2v) is 12.3. The first kappa shape index (κ1) is 38.3. The number of carbonyl (C=O) groups excluding carboxylic acids is 2. The third-order valence-corrected chi connectivity index (χ3v) is 8.90. The first-order valence-corrected chi connectivity index (χ1v) is 17.2. The summed E-state index contributed by atoms with van der Waals surface area (Å²) < 4.78 is 5.87. The van der Waals surface area contributed by atoms with E-state index in [1.807, 2.05) is 24.3 Å². The number of nitriles is 1. The molecule has 1 fully saturated rings. The third kappa shape index (κ3) is 10.7. The Bertz CT molecular complexity index is 1540. The van der Waals surface area contributed by atoms with Crippen LogP contribution in [-0.4, -0.2) is 49.5 Å². The fourth-order valence-electron chi connectivity index (χ4n) is 5.73. The van der Waals surface area contributed by atoms with E-state index in [0.29, 0.717) is 17.9 Å². The molecule has 1 saturated carbocycles. The average molecular weight is 671 g/mol. The van der Waals surface area contributed by atoms with Gasteiger partial charge in [0.2, 0.25) is 5.91 Å². The van der Waals surface area contributed by atoms with Gasteiger partial charge in [0.05, 0.1) is 36.5 Å². The monoisotopic (exact) mass is 670 g/mol. The predicted octanol–water partition coefficient (Wildman–Crippen LogP) is 5.25. The van der Waals surface area contributed by atoms with E-state index >= 15 is 0 Å². The van der Waals surface area contributed by atoms with Crippen LogP contribution in [0.5, 0.6) is 5.75 Å². The van der Waals surface area contributed by atoms with Gasteiger partial charge in [0.1, 0.15) is 17.3 Å². The van der Waals surface area contributed by atoms with E-state index < -0.39 is 5.91 Å². The number of methoxy groups -OCH3 is 1. The number of benzene rings is 1. The predicted molar refractivity (Wildman–Crippen MR) is 197 cm³/mol. The van der Waals surface area contributed by atoms with Crippen molar-refractivity contribution in [2.75, 3.05) is 32.6 Å². The van der Waals surface area contributed by atoms with Gasteiger partial charge in [-0.3, -0.25) is 9.59 Å². The number of amides is 2. The van der Waals surface area contributed by atoms with Crippen molar-refractivity contribution in [1.29, 1.82) is 5.26 Å². The van der Waals surface area contributed by atoms with Gasteiger partial charge in [0, 0.05) is 55.2 Å². The minimum absolute atomic E-state index is 0.0339. The van der Waals surface area contributed by atoms with Crippen molar-refractivity contribution in [3.8, 4) is 11.8 Å². The summed E-state index contributed by atoms with van der Waals surface area (Å²) in [6.07, 6.45) is 21.1. The summed E-state index contributed by atoms with van der Waals surface area (Å²) >= 11 is 0. The van der Waals surface area contributed by atoms with Crippen molar-refractivity contribution in [1.82, 2.24) is 20.9 Å². The Labute approximate surface area is 291 Å². The van der Waals surface area contributed by atoms with Crippen LogP contribution in [0, 0.1) is 17.2 Å². The average Bonchev–Trinajstić information content (AvgIpc) is 3.99. The molecular formula is C38H54N8O3. The second kappa shape index (κ2) is 19.0. The molecule has 1 aliphatic carbocycles. The molecule has 49 heavy (non-hydrogen) atoms. The Morgan fingerprint density at radius 3 is 2.55 bits per heavy atom. The van der Waals surface area contributed by atoms with Crippen LogP contribution in [0.15, 0.2) is 83.8 Å². The van der Waals surface area contributed by atoms with Crippen molar-refractivity contribution >= 4 is 23.1 Å². The Kier molecular flexibility index (Phi) is 14.9. The number of unbranched alkanes of at least 4 members (excludes halogenated alkanes) is 1. The Morgan fingerprint density at radius 1 is 1.20 bits per heavy atom. The highest BCUT2D eigenvalue weighted by Gasteiger charge is 2.34. The number of nitrogens with one attached hydrogen (secondary N) is 4. The number of anilines is 1. The smallest absolute Gasteiger partial charge is 0.269 e. The standard InChI is InChI=1S/C31H43N7O3.C7H11N/c1-5-7-15-31(6-2,16-17-32)38-18-9-10-22(20-38)23-11-8-12-24(28(23)41-4)36-25(27(34)30(40)35-3)19-26(33)37-29(39)21-13-14-21;1-2-7-5-3-4-6-8-7/h8-12,19-21,36H,5-7,13-16,18,33-34H2,1-4H3,(H,35,40)(H,37,39);3-5,8H,2,6H2,1H3/b26-19+,27-25+;. The van der Waals surface area contributed by atoms with Crippen LogP contribution in [0.1, 0.15) is 77.7 Å². The molecule has 0 aromatic heterocycles. The zero-order chi connectivity index (χ0) is 35.8. The summed E-state index contributed by atoms with van der Waals surface area (Å²) in [6, 6.07) is 8.06. The summed E-state index contributed by atoms with van der Waals surface area (Å²) in [4.78, 5) is 27.0. The lowest BCUT2D eigenvalue weighted by Gasteiger charge is -2.43. The summed E-state index contributed by atoms with van der Waals surface area (Å²) in [5.74, 6) is -0.0874. The summed E-state index contributed by atoms with van der Waals surface area (Å²) in [7, 11) is 3.06. The van der Waals surface area contributed by atoms with Crippen LogP contribution in [-0.2, 0) is 9.59 Å². The van der Waals surface area contributed by atoms with Gasteiger partial charge in [0.25, 0.3) is 5.91 Å². The number of allylic oxidation sites excluding steroid dienone is 6. The molecule has 2 amide bonds. The quantitative estimate of drug-likeness (QED) is 0.108. The molecule has 0 radical (unpaired) electrons. The first-order chi connectivity index (χ1) is 23.7. The van der Waals surface area contributed by atoms with E-state index in [2.05, 4.69) is 83.5 Å². The van der Waals surface area contributed by atoms with Gasteiger partial charge in [-0.1, -0.05) is 70.0 Å². The summed E-state index contributed by atoms with van der Waals surface area (Å²) in [5, 5.41) is 21.3. The number of hydrogen-bond donors (Lipinski definition) is 6. The number of hydrogen-bond acceptors (Lipinski definition) is 9. The molecule has 2 aliphatic heterocycles. The lowest BCUT2D eigenvalue weighted by molar-refractivity contribution is -0.121. The molecule has 1 unspecified atom stereocenters. The van der Waals surface area contributed by atoms with Crippen molar-refractivity contribution < 1.29 is 14.3 Å². The highest BCUT2D eigenvalue weighted by molar-refractivity contribution is 5.94. The van der Waals surface area contributed by atoms with Gasteiger partial charge in [-0.2, -0.15) is 5.26 Å². The number of carbonyl (C=O) groups is 2. The molecular weight excluding hydrogens is 616 g/mol. The van der Waals surface area contributed by atoms with Crippen LogP contribution in [0.4, 0.5) is 5.69 Å². The summed E-state index contributed by atoms with van der Waals surface area (Å²) in [6.45, 7) is 8.17. The van der Waals surface area contributed by atoms with Crippen molar-refractivity contribution in [2.45, 2.75) is 77.7 Å². The second-order valence-electron chi connectivity index (χ2n) is 12.3. The summed E-state index contributed by atoms with van der Waals surface area (Å²) in [5.41, 5.74) is 15.8. The van der Waals surface area contributed by atoms with Crippen molar-refractivity contribution in [2.24, 2.45) is 17.4 Å². The van der Waals surface area contributed by atoms with E-state index in [9.17, 15) is 14.9 Å². The molecule has 264 valence electrons. The van der Waals surface area contributed by atoms with Gasteiger partial charge in [-0.15, -0.1) is 0 Å². The van der Waals surface area contributed by atoms with Gasteiger partial charge in [-0.05, 0) is 44.2 Å². The maximum atomic E-state index is 12.5. The van der Waals surface area contributed by atoms with Crippen LogP contribution in [0.2, 0.25) is 0 Å². The topological polar surface area (TPSA) is 171 Å². The molecule has 3 aliphatic rings. The fourth-order valence-corrected chi connectivity index (χ4v) is 5.73. The van der Waals surface area contributed by atoms with Gasteiger partial charge in [0.15, 0.2) is 0 Å². The first-order valence-electron chi connectivity index (χ1n) is 17.2. The Hall–Kier alpha value is -5.11. The van der Waals surface area contributed by atoms with E-state index in [4.69, 9.17) is 16.2 Å². The molecule has 2 heterocycles. The molecule has 1 aromatic carbocycles. The maximum absolute atomic E-state index is 12.5. The maximum Gasteiger partial charge on any atom is 0.269 e. The number of rotatable bonds is 15. The van der Waals surface area contributed by atoms with Gasteiger partial charge in [-0.25, -0.2) is 0 Å². The van der Waals surface area contributed by atoms with E-state index in [1.165, 1.54) is 18.8 Å². The largest absolute Gasteiger partial charge is 0.494 e. The number of nitrogens with zero attached hydrogens (tertiary/aromatic N) is 2. The molecule has 0 saturated heterocycles. The van der Waals surface area contributed by atoms with E-state index in [-0.39, 0.29) is 34.6 Å². The lowest BCUT2D eigenvalue weighted by atomic mass is 9.84. The van der Waals surface area contributed by atoms with Gasteiger partial charge >= 0.3 is 0 Å². The number of dihydropyridines is 1. The minimum Gasteiger partial charge on any atom is -0.494 e. The number of para-hydroxylation sites is 1. The zero-order valence-corrected chi connectivity index (χ0v) is 29.7. The van der Waals surface area contributed by atoms with Crippen LogP contribution in [0.3, 0.4) is 0 Å². The molecule has 4 rings (SSSR count). The van der Waals surface area contributed by atoms with Crippen LogP contribution >= 0.6 is 0 Å². The number of ether oxygens (including phenoxy) is 1. The number of likely N-dealkylation sites (N-methyl/N-ethyl adjacent to an activating group) is 1. The molecule has 0 spiro atoms. The Morgan fingerprint density at radius 2 is 1.98 bits per heavy atom. The molecule has 11 heteroatoms. The molecule has 1 aromatic rings. The normalized spacial score (nSPS) is 17.1. The lowest BCUT2D eigenvalue weighted by Crippen LogP contribution is -2.46. The highest BCUT2D eigenvalue weighted by Crippen LogP contribution is 2.39. The van der Waals surface area contributed by atoms with Crippen molar-refractivity contribution in [3.05, 3.63) is 89.3 Å². The Balaban J connectivity index is 0.000000710. The van der Waals surface area contributed by atoms with E-state index in [1.54, 1.807) is 7.11 Å². The van der Waals surface area contributed by atoms with E-state index in [0.717, 1.165) is 69.2 Å². The van der Waals surface area contributed by atoms with Crippen LogP contribution in [0.25, 0.3) is 5.57 Å². The molecule has 1 atom stereocenters. The SMILES string of the molecule is CCC1=CC=CCN1.CCCCC(CC)(CC#N)N1C=C(c2cccc(NC(/C=C(\N)NC(=O)C3CC3)=C(/N)C(=O)NC)c2OC)C=CC1. The minimum atomic E-state index is -0.505. The van der Waals surface area contributed by atoms with Crippen molar-refractivity contribution in [3.63, 3.8) is 0 Å². The highest BCUT2D eigenvalue weighted by atomic mass is 16.5. The third-order valence-electron chi connectivity index (χ3n) is 8.90. The van der Waals surface area contributed by atoms with Crippen LogP contribution < -0.4 is 37.5 Å². The zero-order valence-electron chi connectivity index (χ0n) is 29.7. The molecule has 0 bridgehead atoms. The van der Waals surface area contributed by atoms with Gasteiger partial charge < -0.3 is 42.4 Å². The number of nitrogens with two attached hydrogens (primary N) is 2. The fraction of sp³-hybridized carbons (Fsp3) is 0.447.